The summed E-state index contributed by atoms with van der Waals surface area (Å²) in [6.07, 6.45) is 1.92. The fourth-order valence-electron chi connectivity index (χ4n) is 2.53. The van der Waals surface area contributed by atoms with Crippen LogP contribution < -0.4 is 16.2 Å². The van der Waals surface area contributed by atoms with Gasteiger partial charge in [0, 0.05) is 13.1 Å². The van der Waals surface area contributed by atoms with Crippen LogP contribution in [-0.2, 0) is 0 Å². The van der Waals surface area contributed by atoms with E-state index in [1.807, 2.05) is 4.90 Å². The van der Waals surface area contributed by atoms with Gasteiger partial charge in [0.15, 0.2) is 0 Å². The zero-order chi connectivity index (χ0) is 15.6. The maximum Gasteiger partial charge on any atom is 0.332 e. The van der Waals surface area contributed by atoms with E-state index in [4.69, 9.17) is 5.84 Å². The Morgan fingerprint density at radius 3 is 2.76 bits per heavy atom. The fraction of sp³-hybridized carbons (Fsp3) is 0.667. The Balaban J connectivity index is 2.41. The summed E-state index contributed by atoms with van der Waals surface area (Å²) >= 11 is 0. The van der Waals surface area contributed by atoms with Gasteiger partial charge < -0.3 is 10.0 Å². The van der Waals surface area contributed by atoms with Crippen LogP contribution in [0.15, 0.2) is 0 Å². The third kappa shape index (κ3) is 3.37. The van der Waals surface area contributed by atoms with E-state index in [9.17, 15) is 15.2 Å². The number of aliphatic hydroxyl groups is 1. The topological polar surface area (TPSA) is 130 Å². The normalized spacial score (nSPS) is 22.8. The molecule has 1 aromatic rings. The summed E-state index contributed by atoms with van der Waals surface area (Å²) in [7, 11) is 0. The van der Waals surface area contributed by atoms with E-state index in [0.29, 0.717) is 25.9 Å². The molecular weight excluding hydrogens is 276 g/mol. The smallest absolute Gasteiger partial charge is 0.332 e. The Kier molecular flexibility index (Phi) is 4.24. The van der Waals surface area contributed by atoms with Crippen LogP contribution in [0.5, 0.6) is 0 Å². The van der Waals surface area contributed by atoms with Gasteiger partial charge in [-0.2, -0.15) is 4.98 Å². The summed E-state index contributed by atoms with van der Waals surface area (Å²) in [5.74, 6) is 5.70. The zero-order valence-electron chi connectivity index (χ0n) is 12.2. The van der Waals surface area contributed by atoms with Gasteiger partial charge in [-0.05, 0) is 33.1 Å². The van der Waals surface area contributed by atoms with Crippen LogP contribution in [-0.4, -0.2) is 38.7 Å². The summed E-state index contributed by atoms with van der Waals surface area (Å²) in [6, 6.07) is 0. The molecule has 1 aromatic heterocycles. The molecule has 0 saturated carbocycles. The summed E-state index contributed by atoms with van der Waals surface area (Å²) in [5.41, 5.74) is 1.72. The second kappa shape index (κ2) is 5.78. The first-order valence-corrected chi connectivity index (χ1v) is 6.81. The van der Waals surface area contributed by atoms with Crippen LogP contribution >= 0.6 is 0 Å². The van der Waals surface area contributed by atoms with Gasteiger partial charge in [0.25, 0.3) is 0 Å². The minimum Gasteiger partial charge on any atom is -0.390 e. The summed E-state index contributed by atoms with van der Waals surface area (Å²) in [6.45, 7) is 4.42. The van der Waals surface area contributed by atoms with Crippen molar-refractivity contribution in [2.24, 2.45) is 5.84 Å². The largest absolute Gasteiger partial charge is 0.390 e. The molecule has 1 saturated heterocycles. The Morgan fingerprint density at radius 2 is 2.14 bits per heavy atom. The van der Waals surface area contributed by atoms with Crippen molar-refractivity contribution in [3.8, 4) is 0 Å². The molecule has 116 valence electrons. The summed E-state index contributed by atoms with van der Waals surface area (Å²) in [4.78, 5) is 20.7. The number of nitrogens with one attached hydrogen (secondary N) is 1. The second-order valence-corrected chi connectivity index (χ2v) is 5.54. The van der Waals surface area contributed by atoms with Crippen LogP contribution in [0.4, 0.5) is 17.5 Å². The third-order valence-electron chi connectivity index (χ3n) is 3.71. The van der Waals surface area contributed by atoms with E-state index in [2.05, 4.69) is 15.4 Å². The number of nitrogens with zero attached hydrogens (tertiary/aromatic N) is 4. The van der Waals surface area contributed by atoms with Crippen molar-refractivity contribution in [3.05, 3.63) is 15.8 Å². The molecule has 4 N–H and O–H groups in total. The van der Waals surface area contributed by atoms with Gasteiger partial charge in [-0.15, -0.1) is 0 Å². The second-order valence-electron chi connectivity index (χ2n) is 5.54. The number of hydrazine groups is 1. The lowest BCUT2D eigenvalue weighted by molar-refractivity contribution is -0.385. The number of rotatable bonds is 3. The van der Waals surface area contributed by atoms with Gasteiger partial charge in [0.05, 0.1) is 10.5 Å². The fourth-order valence-corrected chi connectivity index (χ4v) is 2.53. The molecule has 0 aromatic carbocycles. The molecule has 0 amide bonds. The lowest BCUT2D eigenvalue weighted by Crippen LogP contribution is -2.30. The molecule has 0 aliphatic carbocycles. The zero-order valence-corrected chi connectivity index (χ0v) is 12.2. The van der Waals surface area contributed by atoms with Gasteiger partial charge in [-0.25, -0.2) is 10.8 Å². The molecule has 0 spiro atoms. The molecular formula is C12H20N6O3. The third-order valence-corrected chi connectivity index (χ3v) is 3.71. The average molecular weight is 296 g/mol. The average Bonchev–Trinajstić information content (AvgIpc) is 2.58. The van der Waals surface area contributed by atoms with E-state index >= 15 is 0 Å². The molecule has 0 bridgehead atoms. The molecule has 1 aliphatic heterocycles. The monoisotopic (exact) mass is 296 g/mol. The van der Waals surface area contributed by atoms with Crippen molar-refractivity contribution in [3.63, 3.8) is 0 Å². The van der Waals surface area contributed by atoms with E-state index in [0.717, 1.165) is 6.42 Å². The van der Waals surface area contributed by atoms with Crippen molar-refractivity contribution >= 4 is 17.5 Å². The molecule has 1 fully saturated rings. The molecule has 2 heterocycles. The Bertz CT molecular complexity index is 548. The highest BCUT2D eigenvalue weighted by atomic mass is 16.6. The quantitative estimate of drug-likeness (QED) is 0.422. The predicted octanol–water partition coefficient (Wildman–Crippen LogP) is 0.720. The first kappa shape index (κ1) is 15.4. The summed E-state index contributed by atoms with van der Waals surface area (Å²) < 4.78 is 0. The van der Waals surface area contributed by atoms with E-state index in [1.165, 1.54) is 0 Å². The van der Waals surface area contributed by atoms with Crippen LogP contribution in [0.3, 0.4) is 0 Å². The van der Waals surface area contributed by atoms with Crippen molar-refractivity contribution in [2.75, 3.05) is 23.4 Å². The molecule has 1 atom stereocenters. The minimum absolute atomic E-state index is 0.115. The first-order chi connectivity index (χ1) is 9.84. The number of hydrogen-bond donors (Lipinski definition) is 3. The number of aromatic nitrogens is 2. The van der Waals surface area contributed by atoms with Crippen molar-refractivity contribution < 1.29 is 10.0 Å². The minimum atomic E-state index is -0.749. The van der Waals surface area contributed by atoms with Crippen molar-refractivity contribution in [1.82, 2.24) is 9.97 Å². The lowest BCUT2D eigenvalue weighted by atomic mass is 9.98. The van der Waals surface area contributed by atoms with Gasteiger partial charge in [0.2, 0.25) is 11.8 Å². The summed E-state index contributed by atoms with van der Waals surface area (Å²) in [5, 5.41) is 21.4. The van der Waals surface area contributed by atoms with Crippen LogP contribution in [0, 0.1) is 17.0 Å². The van der Waals surface area contributed by atoms with Crippen LogP contribution in [0.2, 0.25) is 0 Å². The Morgan fingerprint density at radius 1 is 1.43 bits per heavy atom. The maximum atomic E-state index is 11.3. The maximum absolute atomic E-state index is 11.3. The van der Waals surface area contributed by atoms with Gasteiger partial charge >= 0.3 is 5.69 Å². The molecule has 2 rings (SSSR count). The number of anilines is 2. The number of nitro groups is 1. The SMILES string of the molecule is Cc1nc(NN)nc(N2CCCC(C)(O)CC2)c1[N+](=O)[O-]. The van der Waals surface area contributed by atoms with Gasteiger partial charge in [0.1, 0.15) is 5.69 Å². The molecule has 1 aliphatic rings. The number of nitrogen functional groups attached to an aromatic ring is 1. The Hall–Kier alpha value is -2.00. The number of aryl methyl sites for hydroxylation is 1. The highest BCUT2D eigenvalue weighted by molar-refractivity contribution is 5.62. The highest BCUT2D eigenvalue weighted by Gasteiger charge is 2.31. The van der Waals surface area contributed by atoms with Crippen LogP contribution in [0.25, 0.3) is 0 Å². The standard InChI is InChI=1S/C12H20N6O3/c1-8-9(18(20)21)10(15-11(14-8)16-13)17-6-3-4-12(2,19)5-7-17/h19H,3-7,13H2,1-2H3,(H,14,15,16). The molecule has 1 unspecified atom stereocenters. The van der Waals surface area contributed by atoms with Crippen molar-refractivity contribution in [2.45, 2.75) is 38.7 Å². The number of hydrogen-bond acceptors (Lipinski definition) is 8. The van der Waals surface area contributed by atoms with Gasteiger partial charge in [-0.3, -0.25) is 15.5 Å². The van der Waals surface area contributed by atoms with E-state index in [-0.39, 0.29) is 23.1 Å². The molecule has 9 nitrogen and oxygen atoms in total. The van der Waals surface area contributed by atoms with Crippen LogP contribution in [0.1, 0.15) is 31.9 Å². The lowest BCUT2D eigenvalue weighted by Gasteiger charge is -2.23. The van der Waals surface area contributed by atoms with E-state index < -0.39 is 10.5 Å². The highest BCUT2D eigenvalue weighted by Crippen LogP contribution is 2.32. The first-order valence-electron chi connectivity index (χ1n) is 6.81. The predicted molar refractivity (Wildman–Crippen MR) is 77.9 cm³/mol. The van der Waals surface area contributed by atoms with E-state index in [1.54, 1.807) is 13.8 Å². The van der Waals surface area contributed by atoms with Crippen molar-refractivity contribution in [1.29, 1.82) is 0 Å². The molecule has 9 heteroatoms. The number of nitrogens with two attached hydrogens (primary N) is 1. The van der Waals surface area contributed by atoms with Gasteiger partial charge in [-0.1, -0.05) is 0 Å². The molecule has 21 heavy (non-hydrogen) atoms. The Labute approximate surface area is 122 Å². The molecule has 0 radical (unpaired) electrons.